The van der Waals surface area contributed by atoms with Crippen LogP contribution in [-0.2, 0) is 26.0 Å². The highest BCUT2D eigenvalue weighted by molar-refractivity contribution is 5.84. The number of aromatic nitrogens is 4. The second-order valence-electron chi connectivity index (χ2n) is 9.18. The molecule has 0 bridgehead atoms. The Morgan fingerprint density at radius 3 is 2.35 bits per heavy atom. The van der Waals surface area contributed by atoms with Crippen LogP contribution in [0.5, 0.6) is 11.8 Å². The highest BCUT2D eigenvalue weighted by atomic mass is 16.5. The van der Waals surface area contributed by atoms with E-state index in [1.165, 1.54) is 11.1 Å². The maximum Gasteiger partial charge on any atom is 0.304 e. The zero-order valence-corrected chi connectivity index (χ0v) is 20.9. The third-order valence-electron chi connectivity index (χ3n) is 6.71. The van der Waals surface area contributed by atoms with Crippen molar-refractivity contribution in [1.29, 1.82) is 0 Å². The summed E-state index contributed by atoms with van der Waals surface area (Å²) in [5.41, 5.74) is 6.16. The molecule has 0 aliphatic heterocycles. The number of aryl methyl sites for hydroxylation is 1. The van der Waals surface area contributed by atoms with Crippen LogP contribution < -0.4 is 14.8 Å². The molecule has 5 aromatic rings. The zero-order valence-electron chi connectivity index (χ0n) is 20.9. The maximum atomic E-state index is 6.17. The number of ether oxygens (including phenoxy) is 2. The topological polar surface area (TPSA) is 74.1 Å². The van der Waals surface area contributed by atoms with E-state index in [1.807, 2.05) is 59.2 Å². The minimum absolute atomic E-state index is 0.426. The molecule has 186 valence electrons. The summed E-state index contributed by atoms with van der Waals surface area (Å²) < 4.78 is 13.8. The molecule has 37 heavy (non-hydrogen) atoms. The summed E-state index contributed by atoms with van der Waals surface area (Å²) in [5, 5.41) is 3.58. The highest BCUT2D eigenvalue weighted by Crippen LogP contribution is 2.33. The van der Waals surface area contributed by atoms with Gasteiger partial charge in [0.05, 0.1) is 18.3 Å². The van der Waals surface area contributed by atoms with Gasteiger partial charge in [-0.05, 0) is 48.9 Å². The van der Waals surface area contributed by atoms with Crippen molar-refractivity contribution >= 4 is 16.9 Å². The van der Waals surface area contributed by atoms with Gasteiger partial charge in [-0.3, -0.25) is 0 Å². The molecule has 3 aromatic carbocycles. The van der Waals surface area contributed by atoms with Crippen LogP contribution in [0.3, 0.4) is 0 Å². The fourth-order valence-electron chi connectivity index (χ4n) is 4.84. The van der Waals surface area contributed by atoms with Gasteiger partial charge in [0.15, 0.2) is 0 Å². The van der Waals surface area contributed by atoms with Crippen molar-refractivity contribution in [1.82, 2.24) is 19.5 Å². The van der Waals surface area contributed by atoms with Crippen molar-refractivity contribution < 1.29 is 9.47 Å². The molecule has 7 heteroatoms. The predicted molar refractivity (Wildman–Crippen MR) is 144 cm³/mol. The minimum atomic E-state index is 0.426. The molecule has 0 saturated heterocycles. The number of anilines is 1. The van der Waals surface area contributed by atoms with Crippen LogP contribution in [0.25, 0.3) is 17.0 Å². The smallest absolute Gasteiger partial charge is 0.304 e. The standard InChI is InChI=1S/C30H29N5O2/c1-36-30-33-27-25(17-10-18-26(27)37-20-22-13-6-3-7-14-22)35(30)29-32-24-16-9-8-15-23(24)28(34-29)31-19-21-11-4-2-5-12-21/h2-7,10-14,17-18H,8-9,15-16,19-20H2,1H3,(H,31,32,34). The van der Waals surface area contributed by atoms with E-state index in [9.17, 15) is 0 Å². The van der Waals surface area contributed by atoms with E-state index in [0.717, 1.165) is 53.8 Å². The Bertz CT molecular complexity index is 1520. The highest BCUT2D eigenvalue weighted by Gasteiger charge is 2.23. The lowest BCUT2D eigenvalue weighted by Gasteiger charge is -2.20. The number of fused-ring (bicyclic) bond motifs is 2. The van der Waals surface area contributed by atoms with Gasteiger partial charge in [0.2, 0.25) is 5.95 Å². The van der Waals surface area contributed by atoms with Crippen molar-refractivity contribution in [2.45, 2.75) is 38.8 Å². The van der Waals surface area contributed by atoms with Crippen molar-refractivity contribution in [2.75, 3.05) is 12.4 Å². The number of benzene rings is 3. The molecule has 7 nitrogen and oxygen atoms in total. The molecule has 1 N–H and O–H groups in total. The van der Waals surface area contributed by atoms with Crippen molar-refractivity contribution in [3.63, 3.8) is 0 Å². The van der Waals surface area contributed by atoms with Gasteiger partial charge in [0, 0.05) is 12.1 Å². The molecular weight excluding hydrogens is 462 g/mol. The van der Waals surface area contributed by atoms with E-state index in [1.54, 1.807) is 7.11 Å². The van der Waals surface area contributed by atoms with E-state index in [-0.39, 0.29) is 0 Å². The second-order valence-corrected chi connectivity index (χ2v) is 9.18. The molecule has 0 amide bonds. The Labute approximate surface area is 216 Å². The fraction of sp³-hybridized carbons (Fsp3) is 0.233. The predicted octanol–water partition coefficient (Wildman–Crippen LogP) is 5.89. The number of hydrogen-bond donors (Lipinski definition) is 1. The van der Waals surface area contributed by atoms with Crippen LogP contribution in [0.4, 0.5) is 5.82 Å². The first-order valence-corrected chi connectivity index (χ1v) is 12.7. The first kappa shape index (κ1) is 23.0. The van der Waals surface area contributed by atoms with Crippen LogP contribution in [0.2, 0.25) is 0 Å². The summed E-state index contributed by atoms with van der Waals surface area (Å²) in [6.07, 6.45) is 4.19. The van der Waals surface area contributed by atoms with Crippen LogP contribution in [0.15, 0.2) is 78.9 Å². The number of nitrogens with zero attached hydrogens (tertiary/aromatic N) is 4. The molecule has 0 radical (unpaired) electrons. The Hall–Kier alpha value is -4.39. The number of rotatable bonds is 8. The molecule has 0 atom stereocenters. The third-order valence-corrected chi connectivity index (χ3v) is 6.71. The molecular formula is C30H29N5O2. The fourth-order valence-corrected chi connectivity index (χ4v) is 4.84. The number of methoxy groups -OCH3 is 1. The summed E-state index contributed by atoms with van der Waals surface area (Å²) in [6, 6.07) is 26.8. The SMILES string of the molecule is COc1nc2c(OCc3ccccc3)cccc2n1-c1nc2c(c(NCc3ccccc3)n1)CCCC2. The van der Waals surface area contributed by atoms with Gasteiger partial charge < -0.3 is 14.8 Å². The van der Waals surface area contributed by atoms with Crippen LogP contribution in [0.1, 0.15) is 35.2 Å². The first-order chi connectivity index (χ1) is 18.3. The van der Waals surface area contributed by atoms with Crippen molar-refractivity contribution in [3.8, 4) is 17.7 Å². The summed E-state index contributed by atoms with van der Waals surface area (Å²) in [4.78, 5) is 14.8. The van der Waals surface area contributed by atoms with E-state index in [2.05, 4.69) is 29.6 Å². The molecule has 0 fully saturated rings. The quantitative estimate of drug-likeness (QED) is 0.292. The summed E-state index contributed by atoms with van der Waals surface area (Å²) in [6.45, 7) is 1.15. The Morgan fingerprint density at radius 2 is 1.57 bits per heavy atom. The molecule has 1 aliphatic rings. The van der Waals surface area contributed by atoms with E-state index in [4.69, 9.17) is 24.4 Å². The Balaban J connectivity index is 1.39. The molecule has 0 spiro atoms. The van der Waals surface area contributed by atoms with Crippen LogP contribution in [-0.4, -0.2) is 26.6 Å². The van der Waals surface area contributed by atoms with Gasteiger partial charge in [-0.15, -0.1) is 0 Å². The average Bonchev–Trinajstić information content (AvgIpc) is 3.35. The van der Waals surface area contributed by atoms with Gasteiger partial charge in [0.25, 0.3) is 0 Å². The van der Waals surface area contributed by atoms with Gasteiger partial charge in [0.1, 0.15) is 23.7 Å². The van der Waals surface area contributed by atoms with Gasteiger partial charge in [-0.25, -0.2) is 9.55 Å². The number of imidazole rings is 1. The molecule has 2 aromatic heterocycles. The molecule has 1 aliphatic carbocycles. The Morgan fingerprint density at radius 1 is 0.811 bits per heavy atom. The van der Waals surface area contributed by atoms with E-state index < -0.39 is 0 Å². The van der Waals surface area contributed by atoms with Crippen molar-refractivity contribution in [3.05, 3.63) is 101 Å². The van der Waals surface area contributed by atoms with Crippen molar-refractivity contribution in [2.24, 2.45) is 0 Å². The van der Waals surface area contributed by atoms with Crippen LogP contribution >= 0.6 is 0 Å². The van der Waals surface area contributed by atoms with Crippen LogP contribution in [0, 0.1) is 0 Å². The summed E-state index contributed by atoms with van der Waals surface area (Å²) >= 11 is 0. The van der Waals surface area contributed by atoms with Gasteiger partial charge in [-0.1, -0.05) is 66.7 Å². The molecule has 2 heterocycles. The maximum absolute atomic E-state index is 6.17. The van der Waals surface area contributed by atoms with Gasteiger partial charge >= 0.3 is 6.01 Å². The number of hydrogen-bond acceptors (Lipinski definition) is 6. The van der Waals surface area contributed by atoms with E-state index in [0.29, 0.717) is 30.9 Å². The Kier molecular flexibility index (Phi) is 6.42. The minimum Gasteiger partial charge on any atom is -0.487 e. The first-order valence-electron chi connectivity index (χ1n) is 12.7. The zero-order chi connectivity index (χ0) is 25.0. The lowest BCUT2D eigenvalue weighted by atomic mass is 9.96. The van der Waals surface area contributed by atoms with E-state index >= 15 is 0 Å². The number of para-hydroxylation sites is 1. The second kappa shape index (κ2) is 10.3. The lowest BCUT2D eigenvalue weighted by Crippen LogP contribution is -2.16. The largest absolute Gasteiger partial charge is 0.487 e. The lowest BCUT2D eigenvalue weighted by molar-refractivity contribution is 0.309. The molecule has 0 saturated carbocycles. The summed E-state index contributed by atoms with van der Waals surface area (Å²) in [5.74, 6) is 2.12. The normalized spacial score (nSPS) is 12.8. The van der Waals surface area contributed by atoms with Gasteiger partial charge in [-0.2, -0.15) is 9.97 Å². The number of nitrogens with one attached hydrogen (secondary N) is 1. The summed E-state index contributed by atoms with van der Waals surface area (Å²) in [7, 11) is 1.62. The molecule has 6 rings (SSSR count). The monoisotopic (exact) mass is 491 g/mol. The third kappa shape index (κ3) is 4.72. The molecule has 0 unspecified atom stereocenters. The average molecular weight is 492 g/mol.